The molecule has 0 saturated carbocycles. The van der Waals surface area contributed by atoms with E-state index in [9.17, 15) is 14.0 Å². The van der Waals surface area contributed by atoms with Crippen molar-refractivity contribution in [2.75, 3.05) is 0 Å². The van der Waals surface area contributed by atoms with Crippen molar-refractivity contribution < 1.29 is 19.1 Å². The van der Waals surface area contributed by atoms with Crippen LogP contribution in [0.3, 0.4) is 0 Å². The SMILES string of the molecule is N#CCCC[C@H](NC(=O)c1ccccc1F)C(=O)O. The number of carboxylic acids is 1. The van der Waals surface area contributed by atoms with Crippen molar-refractivity contribution in [2.45, 2.75) is 25.3 Å². The molecule has 1 atom stereocenters. The number of benzene rings is 1. The molecule has 1 rings (SSSR count). The number of nitrogens with zero attached hydrogens (tertiary/aromatic N) is 1. The van der Waals surface area contributed by atoms with E-state index in [1.165, 1.54) is 18.2 Å². The minimum absolute atomic E-state index is 0.128. The molecule has 19 heavy (non-hydrogen) atoms. The van der Waals surface area contributed by atoms with E-state index < -0.39 is 23.7 Å². The third-order valence-corrected chi connectivity index (χ3v) is 2.50. The second-order valence-corrected chi connectivity index (χ2v) is 3.89. The van der Waals surface area contributed by atoms with Crippen LogP contribution in [0.5, 0.6) is 0 Å². The number of carbonyl (C=O) groups excluding carboxylic acids is 1. The molecule has 2 N–H and O–H groups in total. The van der Waals surface area contributed by atoms with Gasteiger partial charge in [0.1, 0.15) is 11.9 Å². The van der Waals surface area contributed by atoms with Crippen LogP contribution < -0.4 is 5.32 Å². The Labute approximate surface area is 109 Å². The van der Waals surface area contributed by atoms with E-state index in [-0.39, 0.29) is 18.4 Å². The molecule has 0 aliphatic heterocycles. The van der Waals surface area contributed by atoms with Gasteiger partial charge in [0.2, 0.25) is 0 Å². The van der Waals surface area contributed by atoms with Gasteiger partial charge in [0.15, 0.2) is 0 Å². The predicted octanol–water partition coefficient (Wildman–Crippen LogP) is 1.70. The molecule has 0 fully saturated rings. The van der Waals surface area contributed by atoms with E-state index in [1.54, 1.807) is 0 Å². The van der Waals surface area contributed by atoms with Crippen LogP contribution >= 0.6 is 0 Å². The molecule has 0 radical (unpaired) electrons. The number of unbranched alkanes of at least 4 members (excludes halogenated alkanes) is 1. The van der Waals surface area contributed by atoms with Crippen LogP contribution in [0.2, 0.25) is 0 Å². The number of carboxylic acid groups (broad SMARTS) is 1. The summed E-state index contributed by atoms with van der Waals surface area (Å²) in [5.41, 5.74) is -0.200. The van der Waals surface area contributed by atoms with E-state index >= 15 is 0 Å². The molecule has 1 aromatic rings. The molecule has 1 aromatic carbocycles. The van der Waals surface area contributed by atoms with Crippen LogP contribution in [0.25, 0.3) is 0 Å². The normalized spacial score (nSPS) is 11.4. The fraction of sp³-hybridized carbons (Fsp3) is 0.308. The number of nitrogens with one attached hydrogen (secondary N) is 1. The Kier molecular flexibility index (Phi) is 5.48. The molecule has 100 valence electrons. The lowest BCUT2D eigenvalue weighted by Crippen LogP contribution is -2.41. The predicted molar refractivity (Wildman–Crippen MR) is 64.8 cm³/mol. The second-order valence-electron chi connectivity index (χ2n) is 3.89. The lowest BCUT2D eigenvalue weighted by molar-refractivity contribution is -0.139. The number of aliphatic carboxylic acids is 1. The number of amides is 1. The Morgan fingerprint density at radius 1 is 1.42 bits per heavy atom. The summed E-state index contributed by atoms with van der Waals surface area (Å²) < 4.78 is 13.3. The van der Waals surface area contributed by atoms with Gasteiger partial charge >= 0.3 is 5.97 Å². The number of halogens is 1. The van der Waals surface area contributed by atoms with Crippen molar-refractivity contribution in [3.8, 4) is 6.07 Å². The second kappa shape index (κ2) is 7.11. The van der Waals surface area contributed by atoms with Crippen LogP contribution in [0, 0.1) is 17.1 Å². The van der Waals surface area contributed by atoms with Crippen LogP contribution in [0.1, 0.15) is 29.6 Å². The maximum Gasteiger partial charge on any atom is 0.326 e. The first-order valence-corrected chi connectivity index (χ1v) is 5.71. The molecule has 0 saturated heterocycles. The average molecular weight is 264 g/mol. The molecule has 0 heterocycles. The van der Waals surface area contributed by atoms with E-state index in [0.717, 1.165) is 6.07 Å². The van der Waals surface area contributed by atoms with Gasteiger partial charge in [-0.05, 0) is 25.0 Å². The summed E-state index contributed by atoms with van der Waals surface area (Å²) in [5.74, 6) is -2.69. The van der Waals surface area contributed by atoms with E-state index in [2.05, 4.69) is 5.32 Å². The third kappa shape index (κ3) is 4.39. The largest absolute Gasteiger partial charge is 0.480 e. The summed E-state index contributed by atoms with van der Waals surface area (Å²) in [4.78, 5) is 22.7. The van der Waals surface area contributed by atoms with Crippen LogP contribution in [0.4, 0.5) is 4.39 Å². The minimum Gasteiger partial charge on any atom is -0.480 e. The fourth-order valence-electron chi connectivity index (χ4n) is 1.52. The summed E-state index contributed by atoms with van der Waals surface area (Å²) in [6.07, 6.45) is 0.688. The highest BCUT2D eigenvalue weighted by atomic mass is 19.1. The van der Waals surface area contributed by atoms with Crippen molar-refractivity contribution >= 4 is 11.9 Å². The standard InChI is InChI=1S/C13H13FN2O3/c14-10-6-2-1-5-9(10)12(17)16-11(13(18)19)7-3-4-8-15/h1-2,5-6,11H,3-4,7H2,(H,16,17)(H,18,19)/t11-/m0/s1. The molecule has 0 aliphatic carbocycles. The topological polar surface area (TPSA) is 90.2 Å². The smallest absolute Gasteiger partial charge is 0.326 e. The zero-order valence-corrected chi connectivity index (χ0v) is 10.1. The van der Waals surface area contributed by atoms with E-state index in [1.807, 2.05) is 6.07 Å². The molecule has 6 heteroatoms. The Bertz CT molecular complexity index is 511. The number of hydrogen-bond donors (Lipinski definition) is 2. The molecule has 0 bridgehead atoms. The van der Waals surface area contributed by atoms with Crippen molar-refractivity contribution in [2.24, 2.45) is 0 Å². The summed E-state index contributed by atoms with van der Waals surface area (Å²) in [6, 6.07) is 6.10. The zero-order valence-electron chi connectivity index (χ0n) is 10.1. The lowest BCUT2D eigenvalue weighted by Gasteiger charge is -2.14. The monoisotopic (exact) mass is 264 g/mol. The van der Waals surface area contributed by atoms with Gasteiger partial charge in [-0.1, -0.05) is 12.1 Å². The van der Waals surface area contributed by atoms with Gasteiger partial charge in [-0.3, -0.25) is 4.79 Å². The molecule has 0 aromatic heterocycles. The number of carbonyl (C=O) groups is 2. The number of hydrogen-bond acceptors (Lipinski definition) is 3. The summed E-state index contributed by atoms with van der Waals surface area (Å²) >= 11 is 0. The van der Waals surface area contributed by atoms with Crippen LogP contribution in [-0.2, 0) is 4.79 Å². The Morgan fingerprint density at radius 2 is 2.11 bits per heavy atom. The molecule has 0 unspecified atom stereocenters. The number of rotatable bonds is 6. The van der Waals surface area contributed by atoms with Crippen LogP contribution in [0.15, 0.2) is 24.3 Å². The quantitative estimate of drug-likeness (QED) is 0.765. The first kappa shape index (κ1) is 14.6. The maximum atomic E-state index is 13.3. The zero-order chi connectivity index (χ0) is 14.3. The molecular weight excluding hydrogens is 251 g/mol. The van der Waals surface area contributed by atoms with Crippen molar-refractivity contribution in [1.82, 2.24) is 5.32 Å². The van der Waals surface area contributed by atoms with E-state index in [0.29, 0.717) is 6.42 Å². The highest BCUT2D eigenvalue weighted by Crippen LogP contribution is 2.08. The molecule has 0 aliphatic rings. The van der Waals surface area contributed by atoms with Crippen molar-refractivity contribution in [1.29, 1.82) is 5.26 Å². The van der Waals surface area contributed by atoms with Crippen LogP contribution in [-0.4, -0.2) is 23.0 Å². The van der Waals surface area contributed by atoms with E-state index in [4.69, 9.17) is 10.4 Å². The van der Waals surface area contributed by atoms with Crippen molar-refractivity contribution in [3.05, 3.63) is 35.6 Å². The fourth-order valence-corrected chi connectivity index (χ4v) is 1.52. The average Bonchev–Trinajstić information content (AvgIpc) is 2.38. The molecule has 5 nitrogen and oxygen atoms in total. The van der Waals surface area contributed by atoms with Gasteiger partial charge in [0.25, 0.3) is 5.91 Å². The van der Waals surface area contributed by atoms with Crippen molar-refractivity contribution in [3.63, 3.8) is 0 Å². The van der Waals surface area contributed by atoms with Gasteiger partial charge in [0.05, 0.1) is 11.6 Å². The summed E-state index contributed by atoms with van der Waals surface area (Å²) in [7, 11) is 0. The first-order chi connectivity index (χ1) is 9.06. The highest BCUT2D eigenvalue weighted by Gasteiger charge is 2.21. The van der Waals surface area contributed by atoms with Gasteiger partial charge in [-0.2, -0.15) is 5.26 Å². The summed E-state index contributed by atoms with van der Waals surface area (Å²) in [5, 5.41) is 19.6. The Balaban J connectivity index is 2.69. The molecular formula is C13H13FN2O3. The number of nitriles is 1. The Morgan fingerprint density at radius 3 is 2.68 bits per heavy atom. The summed E-state index contributed by atoms with van der Waals surface area (Å²) in [6.45, 7) is 0. The first-order valence-electron chi connectivity index (χ1n) is 5.71. The highest BCUT2D eigenvalue weighted by molar-refractivity contribution is 5.96. The lowest BCUT2D eigenvalue weighted by atomic mass is 10.1. The molecule has 0 spiro atoms. The van der Waals surface area contributed by atoms with Gasteiger partial charge in [0, 0.05) is 6.42 Å². The van der Waals surface area contributed by atoms with Gasteiger partial charge < -0.3 is 10.4 Å². The Hall–Kier alpha value is -2.42. The minimum atomic E-state index is -1.21. The third-order valence-electron chi connectivity index (χ3n) is 2.50. The van der Waals surface area contributed by atoms with Gasteiger partial charge in [-0.15, -0.1) is 0 Å². The molecule has 1 amide bonds. The maximum absolute atomic E-state index is 13.3. The van der Waals surface area contributed by atoms with Gasteiger partial charge in [-0.25, -0.2) is 9.18 Å².